The van der Waals surface area contributed by atoms with Crippen LogP contribution < -0.4 is 10.6 Å². The molecule has 0 heterocycles. The largest absolute Gasteiger partial charge is 0.480 e. The van der Waals surface area contributed by atoms with E-state index in [1.54, 1.807) is 0 Å². The number of carboxylic acid groups (broad SMARTS) is 1. The van der Waals surface area contributed by atoms with Crippen LogP contribution in [0.5, 0.6) is 0 Å². The minimum absolute atomic E-state index is 0.0921. The molecule has 0 aliphatic carbocycles. The lowest BCUT2D eigenvalue weighted by atomic mass is 9.99. The van der Waals surface area contributed by atoms with Gasteiger partial charge in [-0.25, -0.2) is 9.59 Å². The van der Waals surface area contributed by atoms with Gasteiger partial charge in [-0.15, -0.1) is 0 Å². The van der Waals surface area contributed by atoms with Crippen LogP contribution in [0.2, 0.25) is 0 Å². The molecule has 3 N–H and O–H groups in total. The molecule has 0 rings (SSSR count). The summed E-state index contributed by atoms with van der Waals surface area (Å²) in [6.07, 6.45) is 1.78. The zero-order chi connectivity index (χ0) is 15.5. The van der Waals surface area contributed by atoms with Gasteiger partial charge >= 0.3 is 12.0 Å². The Morgan fingerprint density at radius 2 is 1.85 bits per heavy atom. The number of amides is 2. The highest BCUT2D eigenvalue weighted by molar-refractivity contribution is 5.82. The molecule has 0 aromatic rings. The van der Waals surface area contributed by atoms with Crippen molar-refractivity contribution in [2.45, 2.75) is 46.6 Å². The van der Waals surface area contributed by atoms with Crippen molar-refractivity contribution in [2.75, 3.05) is 26.2 Å². The third-order valence-electron chi connectivity index (χ3n) is 3.47. The number of carbonyl (C=O) groups is 2. The molecule has 0 fully saturated rings. The van der Waals surface area contributed by atoms with Crippen LogP contribution in [0, 0.1) is 5.92 Å². The molecule has 118 valence electrons. The van der Waals surface area contributed by atoms with Crippen molar-refractivity contribution in [1.29, 1.82) is 0 Å². The van der Waals surface area contributed by atoms with E-state index in [9.17, 15) is 9.59 Å². The minimum Gasteiger partial charge on any atom is -0.480 e. The SMILES string of the molecule is CCCN(CC)CCNC(=O)NC(C(=O)O)C(C)CC. The van der Waals surface area contributed by atoms with Crippen LogP contribution in [-0.4, -0.2) is 54.2 Å². The number of carboxylic acids is 1. The first-order valence-corrected chi connectivity index (χ1v) is 7.45. The van der Waals surface area contributed by atoms with E-state index >= 15 is 0 Å². The van der Waals surface area contributed by atoms with Gasteiger partial charge in [0.15, 0.2) is 0 Å². The molecule has 2 unspecified atom stereocenters. The van der Waals surface area contributed by atoms with Crippen LogP contribution in [0.4, 0.5) is 4.79 Å². The third-order valence-corrected chi connectivity index (χ3v) is 3.47. The number of rotatable bonds is 10. The Morgan fingerprint density at radius 3 is 2.30 bits per heavy atom. The van der Waals surface area contributed by atoms with Crippen molar-refractivity contribution < 1.29 is 14.7 Å². The number of carbonyl (C=O) groups excluding carboxylic acids is 1. The van der Waals surface area contributed by atoms with Gasteiger partial charge in [-0.1, -0.05) is 34.1 Å². The average Bonchev–Trinajstić information content (AvgIpc) is 2.42. The van der Waals surface area contributed by atoms with E-state index in [2.05, 4.69) is 29.4 Å². The van der Waals surface area contributed by atoms with Gasteiger partial charge in [-0.05, 0) is 25.4 Å². The van der Waals surface area contributed by atoms with Gasteiger partial charge in [-0.2, -0.15) is 0 Å². The van der Waals surface area contributed by atoms with Crippen LogP contribution in [-0.2, 0) is 4.79 Å². The molecule has 6 nitrogen and oxygen atoms in total. The normalized spacial score (nSPS) is 13.8. The third kappa shape index (κ3) is 7.33. The summed E-state index contributed by atoms with van der Waals surface area (Å²) in [5.41, 5.74) is 0. The minimum atomic E-state index is -0.990. The maximum atomic E-state index is 11.7. The molecule has 0 radical (unpaired) electrons. The zero-order valence-electron chi connectivity index (χ0n) is 13.1. The molecular formula is C14H29N3O3. The number of likely N-dealkylation sites (N-methyl/N-ethyl adjacent to an activating group) is 1. The summed E-state index contributed by atoms with van der Waals surface area (Å²) in [6.45, 7) is 11.2. The molecule has 2 amide bonds. The Labute approximate surface area is 121 Å². The van der Waals surface area contributed by atoms with Gasteiger partial charge in [0.05, 0.1) is 0 Å². The Bertz CT molecular complexity index is 297. The summed E-state index contributed by atoms with van der Waals surface area (Å²) in [5, 5.41) is 14.3. The van der Waals surface area contributed by atoms with Gasteiger partial charge in [-0.3, -0.25) is 0 Å². The summed E-state index contributed by atoms with van der Waals surface area (Å²) in [5.74, 6) is -1.08. The molecule has 2 atom stereocenters. The summed E-state index contributed by atoms with van der Waals surface area (Å²) in [6, 6.07) is -1.25. The fourth-order valence-corrected chi connectivity index (χ4v) is 1.95. The fourth-order valence-electron chi connectivity index (χ4n) is 1.95. The van der Waals surface area contributed by atoms with E-state index in [0.717, 1.165) is 26.1 Å². The number of nitrogens with zero attached hydrogens (tertiary/aromatic N) is 1. The molecule has 0 aliphatic rings. The second-order valence-electron chi connectivity index (χ2n) is 5.04. The maximum Gasteiger partial charge on any atom is 0.326 e. The lowest BCUT2D eigenvalue weighted by Crippen LogP contribution is -2.50. The smallest absolute Gasteiger partial charge is 0.326 e. The second-order valence-corrected chi connectivity index (χ2v) is 5.04. The topological polar surface area (TPSA) is 81.7 Å². The van der Waals surface area contributed by atoms with E-state index < -0.39 is 18.0 Å². The fraction of sp³-hybridized carbons (Fsp3) is 0.857. The Kier molecular flexibility index (Phi) is 9.80. The van der Waals surface area contributed by atoms with E-state index in [0.29, 0.717) is 13.0 Å². The number of nitrogens with one attached hydrogen (secondary N) is 2. The first-order valence-electron chi connectivity index (χ1n) is 7.45. The lowest BCUT2D eigenvalue weighted by molar-refractivity contribution is -0.140. The molecule has 0 aromatic heterocycles. The van der Waals surface area contributed by atoms with Crippen molar-refractivity contribution in [3.05, 3.63) is 0 Å². The molecule has 0 saturated carbocycles. The van der Waals surface area contributed by atoms with Crippen LogP contribution in [0.1, 0.15) is 40.5 Å². The van der Waals surface area contributed by atoms with Gasteiger partial charge < -0.3 is 20.6 Å². The summed E-state index contributed by atoms with van der Waals surface area (Å²) >= 11 is 0. The van der Waals surface area contributed by atoms with E-state index in [1.807, 2.05) is 13.8 Å². The maximum absolute atomic E-state index is 11.7. The molecule has 20 heavy (non-hydrogen) atoms. The average molecular weight is 287 g/mol. The van der Waals surface area contributed by atoms with E-state index in [-0.39, 0.29) is 5.92 Å². The molecule has 6 heteroatoms. The predicted octanol–water partition coefficient (Wildman–Crippen LogP) is 1.52. The Morgan fingerprint density at radius 1 is 1.20 bits per heavy atom. The highest BCUT2D eigenvalue weighted by Crippen LogP contribution is 2.07. The number of hydrogen-bond donors (Lipinski definition) is 3. The van der Waals surface area contributed by atoms with Crippen LogP contribution in [0.15, 0.2) is 0 Å². The first kappa shape index (κ1) is 18.7. The van der Waals surface area contributed by atoms with Crippen molar-refractivity contribution in [1.82, 2.24) is 15.5 Å². The Hall–Kier alpha value is -1.30. The standard InChI is InChI=1S/C14H29N3O3/c1-5-9-17(7-3)10-8-15-14(20)16-12(13(18)19)11(4)6-2/h11-12H,5-10H2,1-4H3,(H,18,19)(H2,15,16,20). The number of urea groups is 1. The molecular weight excluding hydrogens is 258 g/mol. The van der Waals surface area contributed by atoms with Crippen molar-refractivity contribution in [3.8, 4) is 0 Å². The van der Waals surface area contributed by atoms with Crippen molar-refractivity contribution in [2.24, 2.45) is 5.92 Å². The summed E-state index contributed by atoms with van der Waals surface area (Å²) in [7, 11) is 0. The quantitative estimate of drug-likeness (QED) is 0.569. The zero-order valence-corrected chi connectivity index (χ0v) is 13.1. The van der Waals surface area contributed by atoms with Crippen LogP contribution >= 0.6 is 0 Å². The van der Waals surface area contributed by atoms with E-state index in [1.165, 1.54) is 0 Å². The van der Waals surface area contributed by atoms with Gasteiger partial charge in [0.1, 0.15) is 6.04 Å². The van der Waals surface area contributed by atoms with Crippen molar-refractivity contribution in [3.63, 3.8) is 0 Å². The monoisotopic (exact) mass is 287 g/mol. The number of hydrogen-bond acceptors (Lipinski definition) is 3. The lowest BCUT2D eigenvalue weighted by Gasteiger charge is -2.22. The van der Waals surface area contributed by atoms with Crippen LogP contribution in [0.25, 0.3) is 0 Å². The van der Waals surface area contributed by atoms with Crippen LogP contribution in [0.3, 0.4) is 0 Å². The highest BCUT2D eigenvalue weighted by Gasteiger charge is 2.24. The van der Waals surface area contributed by atoms with Crippen molar-refractivity contribution >= 4 is 12.0 Å². The Balaban J connectivity index is 4.11. The predicted molar refractivity (Wildman–Crippen MR) is 79.8 cm³/mol. The molecule has 0 aliphatic heterocycles. The molecule has 0 saturated heterocycles. The van der Waals surface area contributed by atoms with Gasteiger partial charge in [0.2, 0.25) is 0 Å². The summed E-state index contributed by atoms with van der Waals surface area (Å²) < 4.78 is 0. The molecule has 0 bridgehead atoms. The second kappa shape index (κ2) is 10.5. The first-order chi connectivity index (χ1) is 9.46. The van der Waals surface area contributed by atoms with Gasteiger partial charge in [0.25, 0.3) is 0 Å². The van der Waals surface area contributed by atoms with Gasteiger partial charge in [0, 0.05) is 13.1 Å². The number of aliphatic carboxylic acids is 1. The van der Waals surface area contributed by atoms with E-state index in [4.69, 9.17) is 5.11 Å². The summed E-state index contributed by atoms with van der Waals surface area (Å²) in [4.78, 5) is 25.0. The molecule has 0 aromatic carbocycles. The highest BCUT2D eigenvalue weighted by atomic mass is 16.4. The molecule has 0 spiro atoms.